The van der Waals surface area contributed by atoms with Gasteiger partial charge in [0.05, 0.1) is 12.7 Å². The van der Waals surface area contributed by atoms with Crippen LogP contribution in [0.5, 0.6) is 0 Å². The molecule has 2 aromatic heterocycles. The monoisotopic (exact) mass is 322 g/mol. The zero-order valence-electron chi connectivity index (χ0n) is 13.3. The average molecular weight is 322 g/mol. The minimum atomic E-state index is -0.225. The van der Waals surface area contributed by atoms with Crippen molar-refractivity contribution in [1.82, 2.24) is 20.4 Å². The van der Waals surface area contributed by atoms with E-state index in [4.69, 9.17) is 4.42 Å². The SMILES string of the molecule is Cc1ccc(-c2[nH]ncc2[C@@H]2NC(=O)CN2Cc2ccccc2)o1. The number of carbonyl (C=O) groups is 1. The van der Waals surface area contributed by atoms with Gasteiger partial charge in [-0.3, -0.25) is 14.8 Å². The second-order valence-electron chi connectivity index (χ2n) is 5.97. The van der Waals surface area contributed by atoms with Crippen molar-refractivity contribution in [2.45, 2.75) is 19.6 Å². The fourth-order valence-electron chi connectivity index (χ4n) is 3.07. The molecule has 1 atom stereocenters. The number of hydrogen-bond donors (Lipinski definition) is 2. The first-order valence-corrected chi connectivity index (χ1v) is 7.88. The van der Waals surface area contributed by atoms with Crippen molar-refractivity contribution in [3.63, 3.8) is 0 Å². The number of aromatic amines is 1. The highest BCUT2D eigenvalue weighted by molar-refractivity contribution is 5.81. The summed E-state index contributed by atoms with van der Waals surface area (Å²) in [6.45, 7) is 2.95. The van der Waals surface area contributed by atoms with Crippen LogP contribution in [0.25, 0.3) is 11.5 Å². The smallest absolute Gasteiger partial charge is 0.235 e. The fraction of sp³-hybridized carbons (Fsp3) is 0.222. The molecular formula is C18H18N4O2. The molecule has 1 aliphatic heterocycles. The van der Waals surface area contributed by atoms with Crippen molar-refractivity contribution in [1.29, 1.82) is 0 Å². The van der Waals surface area contributed by atoms with E-state index in [-0.39, 0.29) is 12.1 Å². The standard InChI is InChI=1S/C18H18N4O2/c1-12-7-8-15(24-12)17-14(9-19-21-17)18-20-16(23)11-22(18)10-13-5-3-2-4-6-13/h2-9,18H,10-11H2,1H3,(H,19,21)(H,20,23)/t18-/m1/s1. The predicted octanol–water partition coefficient (Wildman–Crippen LogP) is 2.61. The van der Waals surface area contributed by atoms with Crippen molar-refractivity contribution < 1.29 is 9.21 Å². The highest BCUT2D eigenvalue weighted by atomic mass is 16.3. The van der Waals surface area contributed by atoms with Crippen molar-refractivity contribution >= 4 is 5.91 Å². The summed E-state index contributed by atoms with van der Waals surface area (Å²) in [5.74, 6) is 1.57. The van der Waals surface area contributed by atoms with Crippen LogP contribution < -0.4 is 5.32 Å². The maximum atomic E-state index is 12.0. The number of benzene rings is 1. The molecule has 3 aromatic rings. The van der Waals surface area contributed by atoms with E-state index < -0.39 is 0 Å². The lowest BCUT2D eigenvalue weighted by molar-refractivity contribution is -0.118. The van der Waals surface area contributed by atoms with E-state index >= 15 is 0 Å². The summed E-state index contributed by atoms with van der Waals surface area (Å²) in [5, 5.41) is 10.2. The molecule has 24 heavy (non-hydrogen) atoms. The number of aryl methyl sites for hydroxylation is 1. The minimum absolute atomic E-state index is 0.0127. The van der Waals surface area contributed by atoms with Crippen LogP contribution in [0, 0.1) is 6.92 Å². The summed E-state index contributed by atoms with van der Waals surface area (Å²) in [7, 11) is 0. The Bertz CT molecular complexity index is 853. The van der Waals surface area contributed by atoms with E-state index in [1.165, 1.54) is 0 Å². The highest BCUT2D eigenvalue weighted by Gasteiger charge is 2.33. The Hall–Kier alpha value is -2.86. The predicted molar refractivity (Wildman–Crippen MR) is 88.8 cm³/mol. The van der Waals surface area contributed by atoms with Crippen LogP contribution >= 0.6 is 0 Å². The first-order valence-electron chi connectivity index (χ1n) is 7.88. The quantitative estimate of drug-likeness (QED) is 0.774. The molecule has 1 aliphatic rings. The third-order valence-corrected chi connectivity index (χ3v) is 4.19. The molecule has 3 heterocycles. The van der Waals surface area contributed by atoms with Gasteiger partial charge in [-0.05, 0) is 24.6 Å². The van der Waals surface area contributed by atoms with Crippen LogP contribution in [-0.4, -0.2) is 27.5 Å². The normalized spacial score (nSPS) is 18.0. The van der Waals surface area contributed by atoms with Gasteiger partial charge in [0, 0.05) is 12.1 Å². The Morgan fingerprint density at radius 2 is 2.08 bits per heavy atom. The molecule has 6 heteroatoms. The van der Waals surface area contributed by atoms with E-state index in [0.29, 0.717) is 13.1 Å². The zero-order chi connectivity index (χ0) is 16.5. The van der Waals surface area contributed by atoms with Gasteiger partial charge in [0.2, 0.25) is 5.91 Å². The molecule has 6 nitrogen and oxygen atoms in total. The van der Waals surface area contributed by atoms with Crippen LogP contribution in [-0.2, 0) is 11.3 Å². The number of furan rings is 1. The molecule has 2 N–H and O–H groups in total. The van der Waals surface area contributed by atoms with Gasteiger partial charge >= 0.3 is 0 Å². The molecule has 4 rings (SSSR count). The van der Waals surface area contributed by atoms with E-state index in [0.717, 1.165) is 28.3 Å². The molecule has 1 fully saturated rings. The van der Waals surface area contributed by atoms with Gasteiger partial charge in [0.15, 0.2) is 5.76 Å². The number of hydrogen-bond acceptors (Lipinski definition) is 4. The Morgan fingerprint density at radius 1 is 1.25 bits per heavy atom. The Morgan fingerprint density at radius 3 is 2.83 bits per heavy atom. The van der Waals surface area contributed by atoms with Crippen molar-refractivity contribution in [3.05, 3.63) is 65.5 Å². The van der Waals surface area contributed by atoms with Gasteiger partial charge in [0.1, 0.15) is 17.6 Å². The molecule has 0 spiro atoms. The summed E-state index contributed by atoms with van der Waals surface area (Å²) in [4.78, 5) is 14.1. The lowest BCUT2D eigenvalue weighted by Crippen LogP contribution is -2.27. The third-order valence-electron chi connectivity index (χ3n) is 4.19. The first kappa shape index (κ1) is 14.7. The molecule has 0 radical (unpaired) electrons. The molecule has 1 aromatic carbocycles. The molecular weight excluding hydrogens is 304 g/mol. The van der Waals surface area contributed by atoms with Gasteiger partial charge < -0.3 is 9.73 Å². The molecule has 0 saturated carbocycles. The van der Waals surface area contributed by atoms with E-state index in [1.54, 1.807) is 6.20 Å². The van der Waals surface area contributed by atoms with Gasteiger partial charge in [-0.1, -0.05) is 30.3 Å². The number of rotatable bonds is 4. The van der Waals surface area contributed by atoms with Crippen LogP contribution in [0.15, 0.2) is 53.1 Å². The Kier molecular flexibility index (Phi) is 3.66. The van der Waals surface area contributed by atoms with Gasteiger partial charge in [-0.25, -0.2) is 0 Å². The summed E-state index contributed by atoms with van der Waals surface area (Å²) < 4.78 is 5.71. The third kappa shape index (κ3) is 2.72. The van der Waals surface area contributed by atoms with Crippen molar-refractivity contribution in [2.24, 2.45) is 0 Å². The number of nitrogens with one attached hydrogen (secondary N) is 2. The van der Waals surface area contributed by atoms with Gasteiger partial charge in [-0.15, -0.1) is 0 Å². The molecule has 1 amide bonds. The second kappa shape index (κ2) is 5.98. The first-order chi connectivity index (χ1) is 11.7. The number of carbonyl (C=O) groups excluding carboxylic acids is 1. The van der Waals surface area contributed by atoms with Crippen molar-refractivity contribution in [2.75, 3.05) is 6.54 Å². The molecule has 0 aliphatic carbocycles. The topological polar surface area (TPSA) is 74.2 Å². The van der Waals surface area contributed by atoms with Crippen LogP contribution in [0.4, 0.5) is 0 Å². The van der Waals surface area contributed by atoms with Crippen LogP contribution in [0.1, 0.15) is 23.1 Å². The van der Waals surface area contributed by atoms with Crippen LogP contribution in [0.3, 0.4) is 0 Å². The highest BCUT2D eigenvalue weighted by Crippen LogP contribution is 2.32. The van der Waals surface area contributed by atoms with Gasteiger partial charge in [-0.2, -0.15) is 5.10 Å². The summed E-state index contributed by atoms with van der Waals surface area (Å²) in [6.07, 6.45) is 1.53. The largest absolute Gasteiger partial charge is 0.460 e. The lowest BCUT2D eigenvalue weighted by Gasteiger charge is -2.23. The minimum Gasteiger partial charge on any atom is -0.460 e. The fourth-order valence-corrected chi connectivity index (χ4v) is 3.07. The summed E-state index contributed by atoms with van der Waals surface area (Å²) in [5.41, 5.74) is 2.87. The number of aromatic nitrogens is 2. The molecule has 0 bridgehead atoms. The van der Waals surface area contributed by atoms with Gasteiger partial charge in [0.25, 0.3) is 0 Å². The Balaban J connectivity index is 1.65. The maximum Gasteiger partial charge on any atom is 0.235 e. The zero-order valence-corrected chi connectivity index (χ0v) is 13.3. The van der Waals surface area contributed by atoms with E-state index in [1.807, 2.05) is 37.3 Å². The lowest BCUT2D eigenvalue weighted by atomic mass is 10.1. The summed E-state index contributed by atoms with van der Waals surface area (Å²) >= 11 is 0. The van der Waals surface area contributed by atoms with Crippen molar-refractivity contribution in [3.8, 4) is 11.5 Å². The Labute approximate surface area is 139 Å². The van der Waals surface area contributed by atoms with E-state index in [2.05, 4.69) is 32.5 Å². The molecule has 122 valence electrons. The second-order valence-corrected chi connectivity index (χ2v) is 5.97. The number of H-pyrrole nitrogens is 1. The van der Waals surface area contributed by atoms with Crippen LogP contribution in [0.2, 0.25) is 0 Å². The summed E-state index contributed by atoms with van der Waals surface area (Å²) in [6, 6.07) is 13.9. The molecule has 0 unspecified atom stereocenters. The molecule has 1 saturated heterocycles. The number of amides is 1. The average Bonchev–Trinajstić information content (AvgIpc) is 3.28. The maximum absolute atomic E-state index is 12.0. The van der Waals surface area contributed by atoms with E-state index in [9.17, 15) is 4.79 Å². The number of nitrogens with zero attached hydrogens (tertiary/aromatic N) is 2.